The molecule has 1 amide bonds. The first-order chi connectivity index (χ1) is 9.89. The minimum atomic E-state index is -0.764. The molecule has 0 spiro atoms. The van der Waals surface area contributed by atoms with E-state index in [0.29, 0.717) is 19.4 Å². The first-order valence-electron chi connectivity index (χ1n) is 7.99. The molecule has 21 heavy (non-hydrogen) atoms. The number of carbonyl (C=O) groups is 2. The average molecular weight is 299 g/mol. The molecule has 1 saturated heterocycles. The number of hydrogen-bond donors (Lipinski definition) is 2. The van der Waals surface area contributed by atoms with Gasteiger partial charge < -0.3 is 15.2 Å². The molecule has 0 aromatic heterocycles. The molecule has 0 radical (unpaired) electrons. The van der Waals surface area contributed by atoms with Gasteiger partial charge in [0, 0.05) is 26.0 Å². The van der Waals surface area contributed by atoms with Crippen LogP contribution in [0.1, 0.15) is 65.2 Å². The van der Waals surface area contributed by atoms with Crippen molar-refractivity contribution in [3.8, 4) is 0 Å². The molecule has 0 saturated carbocycles. The van der Waals surface area contributed by atoms with Gasteiger partial charge >= 0.3 is 5.97 Å². The fourth-order valence-corrected chi connectivity index (χ4v) is 2.53. The lowest BCUT2D eigenvalue weighted by atomic mass is 9.84. The fourth-order valence-electron chi connectivity index (χ4n) is 2.53. The first-order valence-corrected chi connectivity index (χ1v) is 7.99. The average Bonchev–Trinajstić information content (AvgIpc) is 2.44. The zero-order valence-corrected chi connectivity index (χ0v) is 13.3. The Kier molecular flexibility index (Phi) is 7.72. The summed E-state index contributed by atoms with van der Waals surface area (Å²) in [5.41, 5.74) is -0.0574. The summed E-state index contributed by atoms with van der Waals surface area (Å²) < 4.78 is 5.61. The van der Waals surface area contributed by atoms with Crippen LogP contribution in [0.5, 0.6) is 0 Å². The lowest BCUT2D eigenvalue weighted by Gasteiger charge is -2.24. The van der Waals surface area contributed by atoms with E-state index in [1.54, 1.807) is 0 Å². The van der Waals surface area contributed by atoms with Gasteiger partial charge in [-0.2, -0.15) is 0 Å². The highest BCUT2D eigenvalue weighted by Gasteiger charge is 2.19. The third-order valence-corrected chi connectivity index (χ3v) is 4.11. The van der Waals surface area contributed by atoms with Crippen LogP contribution in [-0.2, 0) is 14.3 Å². The molecule has 1 atom stereocenters. The quantitative estimate of drug-likeness (QED) is 0.686. The van der Waals surface area contributed by atoms with Crippen molar-refractivity contribution in [2.75, 3.05) is 13.2 Å². The summed E-state index contributed by atoms with van der Waals surface area (Å²) in [6, 6.07) is 0. The number of ether oxygens (including phenoxy) is 1. The number of aliphatic carboxylic acids is 1. The van der Waals surface area contributed by atoms with Crippen LogP contribution in [0.2, 0.25) is 0 Å². The fraction of sp³-hybridized carbons (Fsp3) is 0.875. The van der Waals surface area contributed by atoms with Crippen molar-refractivity contribution in [3.05, 3.63) is 0 Å². The van der Waals surface area contributed by atoms with Gasteiger partial charge in [0.2, 0.25) is 5.91 Å². The number of rotatable bonds is 9. The predicted octanol–water partition coefficient (Wildman–Crippen LogP) is 2.73. The van der Waals surface area contributed by atoms with Gasteiger partial charge in [-0.3, -0.25) is 9.59 Å². The Hall–Kier alpha value is -1.10. The molecular formula is C16H29NO4. The summed E-state index contributed by atoms with van der Waals surface area (Å²) in [6.45, 7) is 5.51. The molecule has 1 unspecified atom stereocenters. The van der Waals surface area contributed by atoms with E-state index in [1.807, 2.05) is 13.8 Å². The largest absolute Gasteiger partial charge is 0.481 e. The van der Waals surface area contributed by atoms with E-state index >= 15 is 0 Å². The second-order valence-electron chi connectivity index (χ2n) is 6.69. The summed E-state index contributed by atoms with van der Waals surface area (Å²) in [5.74, 6) is -0.696. The van der Waals surface area contributed by atoms with Gasteiger partial charge in [-0.15, -0.1) is 0 Å². The van der Waals surface area contributed by atoms with E-state index in [2.05, 4.69) is 5.32 Å². The molecule has 0 aliphatic carbocycles. The molecule has 5 heteroatoms. The van der Waals surface area contributed by atoms with E-state index in [1.165, 1.54) is 6.42 Å². The van der Waals surface area contributed by atoms with Crippen LogP contribution in [-0.4, -0.2) is 36.2 Å². The molecule has 0 aromatic carbocycles. The van der Waals surface area contributed by atoms with Gasteiger partial charge in [0.15, 0.2) is 0 Å². The Morgan fingerprint density at radius 2 is 2.00 bits per heavy atom. The summed E-state index contributed by atoms with van der Waals surface area (Å²) in [6.07, 6.45) is 6.57. The standard InChI is InChI=1S/C16H29NO4/c1-16(2,9-8-15(19)20)10-11-17-14(18)7-6-13-5-3-4-12-21-13/h13H,3-12H2,1-2H3,(H,17,18)(H,19,20). The lowest BCUT2D eigenvalue weighted by Crippen LogP contribution is -2.29. The van der Waals surface area contributed by atoms with Gasteiger partial charge in [0.25, 0.3) is 0 Å². The molecule has 1 aliphatic heterocycles. The number of carbonyl (C=O) groups excluding carboxylic acids is 1. The summed E-state index contributed by atoms with van der Waals surface area (Å²) in [7, 11) is 0. The normalized spacial score (nSPS) is 19.2. The van der Waals surface area contributed by atoms with Crippen LogP contribution in [0.4, 0.5) is 0 Å². The zero-order chi connectivity index (χ0) is 15.7. The zero-order valence-electron chi connectivity index (χ0n) is 13.3. The van der Waals surface area contributed by atoms with Crippen molar-refractivity contribution in [2.45, 2.75) is 71.3 Å². The minimum Gasteiger partial charge on any atom is -0.481 e. The molecule has 2 N–H and O–H groups in total. The molecule has 122 valence electrons. The number of carboxylic acid groups (broad SMARTS) is 1. The highest BCUT2D eigenvalue weighted by Crippen LogP contribution is 2.26. The van der Waals surface area contributed by atoms with E-state index < -0.39 is 5.97 Å². The summed E-state index contributed by atoms with van der Waals surface area (Å²) >= 11 is 0. The van der Waals surface area contributed by atoms with Crippen LogP contribution in [0.15, 0.2) is 0 Å². The Balaban J connectivity index is 2.10. The molecule has 1 heterocycles. The lowest BCUT2D eigenvalue weighted by molar-refractivity contribution is -0.137. The second-order valence-corrected chi connectivity index (χ2v) is 6.69. The number of carboxylic acids is 1. The van der Waals surface area contributed by atoms with Crippen LogP contribution < -0.4 is 5.32 Å². The van der Waals surface area contributed by atoms with E-state index in [0.717, 1.165) is 32.3 Å². The maximum atomic E-state index is 11.8. The van der Waals surface area contributed by atoms with Crippen molar-refractivity contribution in [2.24, 2.45) is 5.41 Å². The Labute approximate surface area is 127 Å². The van der Waals surface area contributed by atoms with Crippen LogP contribution in [0.3, 0.4) is 0 Å². The third kappa shape index (κ3) is 8.71. The van der Waals surface area contributed by atoms with Gasteiger partial charge in [0.1, 0.15) is 0 Å². The Bertz CT molecular complexity index is 335. The first kappa shape index (κ1) is 18.0. The van der Waals surface area contributed by atoms with Crippen molar-refractivity contribution < 1.29 is 19.4 Å². The summed E-state index contributed by atoms with van der Waals surface area (Å²) in [4.78, 5) is 22.4. The molecule has 1 aliphatic rings. The molecular weight excluding hydrogens is 270 g/mol. The van der Waals surface area contributed by atoms with Crippen LogP contribution in [0.25, 0.3) is 0 Å². The monoisotopic (exact) mass is 299 g/mol. The van der Waals surface area contributed by atoms with Gasteiger partial charge in [-0.05, 0) is 43.9 Å². The highest BCUT2D eigenvalue weighted by molar-refractivity contribution is 5.75. The van der Waals surface area contributed by atoms with Crippen molar-refractivity contribution >= 4 is 11.9 Å². The Morgan fingerprint density at radius 1 is 1.24 bits per heavy atom. The third-order valence-electron chi connectivity index (χ3n) is 4.11. The Morgan fingerprint density at radius 3 is 2.62 bits per heavy atom. The number of nitrogens with one attached hydrogen (secondary N) is 1. The maximum Gasteiger partial charge on any atom is 0.303 e. The van der Waals surface area contributed by atoms with Crippen LogP contribution in [0, 0.1) is 5.41 Å². The maximum absolute atomic E-state index is 11.8. The van der Waals surface area contributed by atoms with Crippen LogP contribution >= 0.6 is 0 Å². The SMILES string of the molecule is CC(C)(CCNC(=O)CCC1CCCCO1)CCC(=O)O. The summed E-state index contributed by atoms with van der Waals surface area (Å²) in [5, 5.41) is 11.6. The van der Waals surface area contributed by atoms with E-state index in [4.69, 9.17) is 9.84 Å². The second kappa shape index (κ2) is 9.03. The number of amides is 1. The topological polar surface area (TPSA) is 75.6 Å². The van der Waals surface area contributed by atoms with Crippen molar-refractivity contribution in [1.82, 2.24) is 5.32 Å². The highest BCUT2D eigenvalue weighted by atomic mass is 16.5. The van der Waals surface area contributed by atoms with Crippen molar-refractivity contribution in [3.63, 3.8) is 0 Å². The van der Waals surface area contributed by atoms with Crippen molar-refractivity contribution in [1.29, 1.82) is 0 Å². The molecule has 1 rings (SSSR count). The molecule has 1 fully saturated rings. The van der Waals surface area contributed by atoms with Gasteiger partial charge in [-0.1, -0.05) is 13.8 Å². The molecule has 0 aromatic rings. The van der Waals surface area contributed by atoms with Gasteiger partial charge in [0.05, 0.1) is 6.10 Å². The molecule has 5 nitrogen and oxygen atoms in total. The predicted molar refractivity (Wildman–Crippen MR) is 81.1 cm³/mol. The smallest absolute Gasteiger partial charge is 0.303 e. The van der Waals surface area contributed by atoms with E-state index in [9.17, 15) is 9.59 Å². The number of hydrogen-bond acceptors (Lipinski definition) is 3. The molecule has 0 bridgehead atoms. The van der Waals surface area contributed by atoms with E-state index in [-0.39, 0.29) is 23.8 Å². The van der Waals surface area contributed by atoms with Gasteiger partial charge in [-0.25, -0.2) is 0 Å². The minimum absolute atomic E-state index is 0.0574.